The van der Waals surface area contributed by atoms with E-state index in [0.29, 0.717) is 12.8 Å². The van der Waals surface area contributed by atoms with Gasteiger partial charge in [-0.15, -0.1) is 0 Å². The summed E-state index contributed by atoms with van der Waals surface area (Å²) in [5.41, 5.74) is 7.09. The van der Waals surface area contributed by atoms with Crippen LogP contribution in [0.4, 0.5) is 0 Å². The van der Waals surface area contributed by atoms with E-state index in [-0.39, 0.29) is 5.71 Å². The second kappa shape index (κ2) is 4.35. The molecule has 0 aromatic rings. The molecule has 1 N–H and O–H groups in total. The Kier molecular flexibility index (Phi) is 3.38. The largest absolute Gasteiger partial charge is 0.460 e. The lowest BCUT2D eigenvalue weighted by atomic mass is 9.81. The number of rotatable bonds is 2. The monoisotopic (exact) mass is 198 g/mol. The van der Waals surface area contributed by atoms with Gasteiger partial charge in [-0.2, -0.15) is 4.79 Å². The second-order valence-electron chi connectivity index (χ2n) is 3.53. The first-order valence-corrected chi connectivity index (χ1v) is 4.67. The maximum Gasteiger partial charge on any atom is 0.419 e. The highest BCUT2D eigenvalue weighted by Crippen LogP contribution is 2.28. The molecule has 0 radical (unpaired) electrons. The molecule has 0 amide bonds. The quantitative estimate of drug-likeness (QED) is 0.304. The number of hydrogen-bond acceptors (Lipinski definition) is 3. The fraction of sp³-hybridized carbons (Fsp3) is 0.778. The van der Waals surface area contributed by atoms with Gasteiger partial charge in [-0.3, -0.25) is 0 Å². The van der Waals surface area contributed by atoms with Crippen molar-refractivity contribution in [2.24, 2.45) is 0 Å². The summed E-state index contributed by atoms with van der Waals surface area (Å²) in [6.45, 7) is 0. The topological polar surface area (TPSA) is 82.9 Å². The van der Waals surface area contributed by atoms with Crippen LogP contribution in [0.25, 0.3) is 5.53 Å². The van der Waals surface area contributed by atoms with E-state index in [1.807, 2.05) is 0 Å². The van der Waals surface area contributed by atoms with E-state index in [9.17, 15) is 9.90 Å². The minimum absolute atomic E-state index is 0.278. The van der Waals surface area contributed by atoms with E-state index in [1.165, 1.54) is 7.11 Å². The van der Waals surface area contributed by atoms with Gasteiger partial charge in [0.25, 0.3) is 0 Å². The summed E-state index contributed by atoms with van der Waals surface area (Å²) < 4.78 is 4.43. The number of carbonyl (C=O) groups excluding carboxylic acids is 1. The molecule has 1 fully saturated rings. The molecule has 5 heteroatoms. The number of aliphatic hydroxyl groups is 1. The average molecular weight is 198 g/mol. The minimum atomic E-state index is -1.31. The van der Waals surface area contributed by atoms with Gasteiger partial charge in [0, 0.05) is 0 Å². The van der Waals surface area contributed by atoms with Gasteiger partial charge >= 0.3 is 11.7 Å². The summed E-state index contributed by atoms with van der Waals surface area (Å²) in [5.74, 6) is -0.767. The van der Waals surface area contributed by atoms with Crippen molar-refractivity contribution in [2.45, 2.75) is 37.7 Å². The highest BCUT2D eigenvalue weighted by Gasteiger charge is 2.46. The normalized spacial score (nSPS) is 19.6. The van der Waals surface area contributed by atoms with E-state index in [2.05, 4.69) is 9.53 Å². The number of methoxy groups -OCH3 is 1. The van der Waals surface area contributed by atoms with Crippen molar-refractivity contribution in [1.82, 2.24) is 0 Å². The van der Waals surface area contributed by atoms with Crippen molar-refractivity contribution < 1.29 is 19.4 Å². The van der Waals surface area contributed by atoms with Crippen LogP contribution in [0.2, 0.25) is 0 Å². The van der Waals surface area contributed by atoms with Crippen LogP contribution in [0.1, 0.15) is 32.1 Å². The number of ether oxygens (including phenoxy) is 1. The maximum absolute atomic E-state index is 11.2. The fourth-order valence-electron chi connectivity index (χ4n) is 1.79. The molecule has 78 valence electrons. The van der Waals surface area contributed by atoms with Crippen LogP contribution in [-0.4, -0.2) is 34.3 Å². The molecule has 14 heavy (non-hydrogen) atoms. The Morgan fingerprint density at radius 2 is 2.00 bits per heavy atom. The number of esters is 1. The number of nitrogens with zero attached hydrogens (tertiary/aromatic N) is 2. The van der Waals surface area contributed by atoms with E-state index < -0.39 is 11.6 Å². The van der Waals surface area contributed by atoms with E-state index >= 15 is 0 Å². The van der Waals surface area contributed by atoms with Gasteiger partial charge in [-0.1, -0.05) is 6.42 Å². The van der Waals surface area contributed by atoms with Crippen LogP contribution >= 0.6 is 0 Å². The zero-order valence-electron chi connectivity index (χ0n) is 8.19. The smallest absolute Gasteiger partial charge is 0.419 e. The summed E-state index contributed by atoms with van der Waals surface area (Å²) in [7, 11) is 1.19. The summed E-state index contributed by atoms with van der Waals surface area (Å²) in [5, 5.41) is 10.0. The SMILES string of the molecule is COC(=O)C(=[N+]=[N-])C1(O)CCCCC1. The molecule has 5 nitrogen and oxygen atoms in total. The molecule has 1 aliphatic carbocycles. The molecular formula is C9H14N2O3. The van der Waals surface area contributed by atoms with Crippen molar-refractivity contribution in [2.75, 3.05) is 7.11 Å². The van der Waals surface area contributed by atoms with Crippen molar-refractivity contribution in [1.29, 1.82) is 0 Å². The number of hydrogen-bond donors (Lipinski definition) is 1. The molecule has 0 atom stereocenters. The third kappa shape index (κ3) is 2.00. The Balaban J connectivity index is 2.87. The molecule has 0 aromatic heterocycles. The highest BCUT2D eigenvalue weighted by molar-refractivity contribution is 6.37. The molecule has 0 heterocycles. The number of carbonyl (C=O) groups is 1. The van der Waals surface area contributed by atoms with Crippen LogP contribution in [0.5, 0.6) is 0 Å². The Morgan fingerprint density at radius 1 is 1.43 bits per heavy atom. The first-order valence-electron chi connectivity index (χ1n) is 4.67. The second-order valence-corrected chi connectivity index (χ2v) is 3.53. The van der Waals surface area contributed by atoms with E-state index in [1.54, 1.807) is 0 Å². The first-order chi connectivity index (χ1) is 6.64. The Labute approximate surface area is 82.3 Å². The zero-order valence-corrected chi connectivity index (χ0v) is 8.19. The van der Waals surface area contributed by atoms with Crippen molar-refractivity contribution in [3.63, 3.8) is 0 Å². The molecule has 0 spiro atoms. The standard InChI is InChI=1S/C9H14N2O3/c1-14-8(12)7(11-10)9(13)5-3-2-4-6-9/h13H,2-6H2,1H3. The Bertz CT molecular complexity index is 276. The lowest BCUT2D eigenvalue weighted by Crippen LogP contribution is -2.45. The summed E-state index contributed by atoms with van der Waals surface area (Å²) >= 11 is 0. The maximum atomic E-state index is 11.2. The van der Waals surface area contributed by atoms with Gasteiger partial charge in [0.05, 0.1) is 7.11 Å². The molecule has 0 unspecified atom stereocenters. The van der Waals surface area contributed by atoms with Crippen LogP contribution in [0.15, 0.2) is 0 Å². The molecular weight excluding hydrogens is 184 g/mol. The van der Waals surface area contributed by atoms with Crippen LogP contribution in [0.3, 0.4) is 0 Å². The third-order valence-electron chi connectivity index (χ3n) is 2.60. The van der Waals surface area contributed by atoms with Gasteiger partial charge in [0.2, 0.25) is 0 Å². The van der Waals surface area contributed by atoms with Gasteiger partial charge < -0.3 is 15.4 Å². The summed E-state index contributed by atoms with van der Waals surface area (Å²) in [6, 6.07) is 0. The molecule has 1 rings (SSSR count). The predicted molar refractivity (Wildman–Crippen MR) is 48.7 cm³/mol. The summed E-state index contributed by atoms with van der Waals surface area (Å²) in [4.78, 5) is 14.0. The van der Waals surface area contributed by atoms with Gasteiger partial charge in [-0.25, -0.2) is 4.79 Å². The van der Waals surface area contributed by atoms with Crippen molar-refractivity contribution in [3.05, 3.63) is 5.53 Å². The Hall–Kier alpha value is -1.19. The van der Waals surface area contributed by atoms with Gasteiger partial charge in [-0.05, 0) is 25.7 Å². The minimum Gasteiger partial charge on any atom is -0.460 e. The fourth-order valence-corrected chi connectivity index (χ4v) is 1.79. The van der Waals surface area contributed by atoms with Crippen LogP contribution < -0.4 is 0 Å². The van der Waals surface area contributed by atoms with Crippen molar-refractivity contribution >= 4 is 11.7 Å². The molecule has 0 bridgehead atoms. The molecule has 0 saturated heterocycles. The first kappa shape index (κ1) is 10.9. The predicted octanol–water partition coefficient (Wildman–Crippen LogP) is 0.525. The Morgan fingerprint density at radius 3 is 2.43 bits per heavy atom. The molecule has 1 saturated carbocycles. The van der Waals surface area contributed by atoms with Crippen LogP contribution in [0, 0.1) is 0 Å². The van der Waals surface area contributed by atoms with Crippen molar-refractivity contribution in [3.8, 4) is 0 Å². The van der Waals surface area contributed by atoms with E-state index in [4.69, 9.17) is 5.53 Å². The lowest BCUT2D eigenvalue weighted by molar-refractivity contribution is -0.141. The third-order valence-corrected chi connectivity index (χ3v) is 2.60. The molecule has 1 aliphatic rings. The van der Waals surface area contributed by atoms with Gasteiger partial charge in [0.1, 0.15) is 0 Å². The molecule has 0 aromatic carbocycles. The summed E-state index contributed by atoms with van der Waals surface area (Å²) in [6.07, 6.45) is 3.57. The average Bonchev–Trinajstić information content (AvgIpc) is 2.19. The van der Waals surface area contributed by atoms with E-state index in [0.717, 1.165) is 19.3 Å². The van der Waals surface area contributed by atoms with Crippen LogP contribution in [-0.2, 0) is 9.53 Å². The lowest BCUT2D eigenvalue weighted by Gasteiger charge is -2.26. The van der Waals surface area contributed by atoms with Gasteiger partial charge in [0.15, 0.2) is 5.60 Å². The molecule has 0 aliphatic heterocycles. The highest BCUT2D eigenvalue weighted by atomic mass is 16.5. The zero-order chi connectivity index (χ0) is 10.6.